The van der Waals surface area contributed by atoms with E-state index in [1.165, 1.54) is 25.0 Å². The topological polar surface area (TPSA) is 12.4 Å². The quantitative estimate of drug-likeness (QED) is 0.496. The fourth-order valence-electron chi connectivity index (χ4n) is 2.00. The van der Waals surface area contributed by atoms with Gasteiger partial charge in [-0.05, 0) is 43.9 Å². The molecule has 0 amide bonds. The number of rotatable bonds is 0. The van der Waals surface area contributed by atoms with Crippen molar-refractivity contribution in [3.05, 3.63) is 0 Å². The summed E-state index contributed by atoms with van der Waals surface area (Å²) in [6.07, 6.45) is 7.20. The third-order valence-corrected chi connectivity index (χ3v) is 2.70. The molecule has 0 saturated heterocycles. The predicted octanol–water partition coefficient (Wildman–Crippen LogP) is 2.38. The second-order valence-electron chi connectivity index (χ2n) is 3.72. The molecule has 1 atom stereocenters. The Morgan fingerprint density at radius 2 is 2.23 bits per heavy atom. The van der Waals surface area contributed by atoms with Crippen LogP contribution >= 0.6 is 0 Å². The van der Waals surface area contributed by atoms with Gasteiger partial charge < -0.3 is 0 Å². The summed E-state index contributed by atoms with van der Waals surface area (Å²) in [5.41, 5.74) is 1.30. The molecule has 1 aliphatic heterocycles. The first-order valence-electron chi connectivity index (χ1n) is 4.98. The normalized spacial score (nSPS) is 25.8. The highest BCUT2D eigenvalue weighted by Crippen LogP contribution is 2.25. The molecule has 2 bridgehead atoms. The summed E-state index contributed by atoms with van der Waals surface area (Å²) < 4.78 is 0. The highest BCUT2D eigenvalue weighted by Gasteiger charge is 2.17. The van der Waals surface area contributed by atoms with E-state index < -0.39 is 0 Å². The van der Waals surface area contributed by atoms with E-state index in [1.54, 1.807) is 0 Å². The average Bonchev–Trinajstić information content (AvgIpc) is 2.17. The minimum atomic E-state index is 0.821. The lowest BCUT2D eigenvalue weighted by Crippen LogP contribution is -2.15. The van der Waals surface area contributed by atoms with Crippen LogP contribution in [0.1, 0.15) is 38.5 Å². The van der Waals surface area contributed by atoms with E-state index in [-0.39, 0.29) is 0 Å². The molecular formula is C12H13N. The van der Waals surface area contributed by atoms with Crippen LogP contribution in [0.3, 0.4) is 0 Å². The van der Waals surface area contributed by atoms with Crippen molar-refractivity contribution in [2.45, 2.75) is 38.5 Å². The molecule has 2 aliphatic rings. The monoisotopic (exact) mass is 171 g/mol. The van der Waals surface area contributed by atoms with Crippen molar-refractivity contribution in [3.8, 4) is 23.8 Å². The molecule has 13 heavy (non-hydrogen) atoms. The molecule has 0 spiro atoms. The van der Waals surface area contributed by atoms with E-state index in [4.69, 9.17) is 0 Å². The lowest BCUT2D eigenvalue weighted by Gasteiger charge is -2.21. The Hall–Kier alpha value is -1.21. The van der Waals surface area contributed by atoms with Crippen LogP contribution in [0.5, 0.6) is 0 Å². The minimum absolute atomic E-state index is 0.821. The smallest absolute Gasteiger partial charge is 0.0480 e. The van der Waals surface area contributed by atoms with Gasteiger partial charge in [0.1, 0.15) is 0 Å². The van der Waals surface area contributed by atoms with Gasteiger partial charge in [0.2, 0.25) is 0 Å². The van der Waals surface area contributed by atoms with Gasteiger partial charge in [-0.25, -0.2) is 4.99 Å². The molecule has 66 valence electrons. The summed E-state index contributed by atoms with van der Waals surface area (Å²) in [5, 5.41) is 0. The van der Waals surface area contributed by atoms with Crippen LogP contribution in [0.15, 0.2) is 4.99 Å². The molecule has 0 aromatic rings. The van der Waals surface area contributed by atoms with Gasteiger partial charge in [0, 0.05) is 24.1 Å². The number of aliphatic imine (C=N–C) groups is 1. The van der Waals surface area contributed by atoms with Crippen LogP contribution in [0, 0.1) is 29.7 Å². The van der Waals surface area contributed by atoms with E-state index >= 15 is 0 Å². The SMILES string of the molecule is C1#CCCC2CCCC(=NC#C1)C2. The molecule has 1 fully saturated rings. The van der Waals surface area contributed by atoms with Gasteiger partial charge in [-0.15, -0.1) is 0 Å². The zero-order valence-corrected chi connectivity index (χ0v) is 7.77. The highest BCUT2D eigenvalue weighted by molar-refractivity contribution is 5.86. The van der Waals surface area contributed by atoms with Gasteiger partial charge in [-0.2, -0.15) is 0 Å². The fourth-order valence-corrected chi connectivity index (χ4v) is 2.00. The summed E-state index contributed by atoms with van der Waals surface area (Å²) >= 11 is 0. The van der Waals surface area contributed by atoms with Crippen molar-refractivity contribution in [1.82, 2.24) is 0 Å². The van der Waals surface area contributed by atoms with Crippen molar-refractivity contribution >= 4 is 5.71 Å². The molecule has 0 aromatic carbocycles. The summed E-state index contributed by atoms with van der Waals surface area (Å²) in [4.78, 5) is 4.26. The Balaban J connectivity index is 2.17. The van der Waals surface area contributed by atoms with Gasteiger partial charge in [0.15, 0.2) is 0 Å². The van der Waals surface area contributed by atoms with E-state index in [0.29, 0.717) is 0 Å². The standard InChI is InChI=1S/C12H13N/c1-2-4-9-13-12-8-5-7-11(10-12)6-3-1/h11H,3,5-8,10H2. The summed E-state index contributed by atoms with van der Waals surface area (Å²) in [7, 11) is 0. The van der Waals surface area contributed by atoms with E-state index in [9.17, 15) is 0 Å². The molecule has 0 N–H and O–H groups in total. The third-order valence-electron chi connectivity index (χ3n) is 2.70. The Morgan fingerprint density at radius 3 is 3.23 bits per heavy atom. The lowest BCUT2D eigenvalue weighted by molar-refractivity contribution is 0.435. The van der Waals surface area contributed by atoms with E-state index in [1.807, 2.05) is 0 Å². The summed E-state index contributed by atoms with van der Waals surface area (Å²) in [6.45, 7) is 0. The van der Waals surface area contributed by atoms with Crippen molar-refractivity contribution in [1.29, 1.82) is 0 Å². The van der Waals surface area contributed by atoms with E-state index in [0.717, 1.165) is 25.2 Å². The molecule has 1 nitrogen and oxygen atoms in total. The second-order valence-corrected chi connectivity index (χ2v) is 3.72. The molecule has 0 aromatic heterocycles. The Labute approximate surface area is 79.6 Å². The minimum Gasteiger partial charge on any atom is -0.206 e. The second kappa shape index (κ2) is 4.15. The van der Waals surface area contributed by atoms with Crippen LogP contribution in [-0.2, 0) is 0 Å². The summed E-state index contributed by atoms with van der Waals surface area (Å²) in [5.74, 6) is 9.47. The Morgan fingerprint density at radius 1 is 1.23 bits per heavy atom. The Kier molecular flexibility index (Phi) is 2.68. The number of fused-ring (bicyclic) bond motifs is 2. The van der Waals surface area contributed by atoms with Gasteiger partial charge in [-0.3, -0.25) is 0 Å². The average molecular weight is 171 g/mol. The van der Waals surface area contributed by atoms with Gasteiger partial charge in [-0.1, -0.05) is 5.92 Å². The van der Waals surface area contributed by atoms with Gasteiger partial charge >= 0.3 is 0 Å². The number of nitrogens with zero attached hydrogens (tertiary/aromatic N) is 1. The van der Waals surface area contributed by atoms with Crippen molar-refractivity contribution < 1.29 is 0 Å². The molecule has 1 aliphatic carbocycles. The van der Waals surface area contributed by atoms with Crippen LogP contribution in [-0.4, -0.2) is 5.71 Å². The number of hydrogen-bond acceptors (Lipinski definition) is 1. The van der Waals surface area contributed by atoms with Crippen LogP contribution < -0.4 is 0 Å². The maximum atomic E-state index is 4.26. The maximum Gasteiger partial charge on any atom is 0.0480 e. The zero-order chi connectivity index (χ0) is 8.93. The third kappa shape index (κ3) is 2.36. The van der Waals surface area contributed by atoms with Crippen molar-refractivity contribution in [2.75, 3.05) is 0 Å². The lowest BCUT2D eigenvalue weighted by atomic mass is 9.85. The van der Waals surface area contributed by atoms with Crippen LogP contribution in [0.2, 0.25) is 0 Å². The summed E-state index contributed by atoms with van der Waals surface area (Å²) in [6, 6.07) is 2.77. The first-order valence-corrected chi connectivity index (χ1v) is 4.98. The number of hydrogen-bond donors (Lipinski definition) is 0. The van der Waals surface area contributed by atoms with Gasteiger partial charge in [0.05, 0.1) is 0 Å². The molecule has 1 saturated carbocycles. The van der Waals surface area contributed by atoms with Crippen LogP contribution in [0.25, 0.3) is 0 Å². The predicted molar refractivity (Wildman–Crippen MR) is 54.2 cm³/mol. The Bertz CT molecular complexity index is 330. The molecule has 0 radical (unpaired) electrons. The fraction of sp³-hybridized carbons (Fsp3) is 0.583. The first-order chi connectivity index (χ1) is 6.45. The molecular weight excluding hydrogens is 158 g/mol. The molecule has 1 heteroatoms. The molecule has 1 unspecified atom stereocenters. The van der Waals surface area contributed by atoms with Gasteiger partial charge in [0.25, 0.3) is 0 Å². The highest BCUT2D eigenvalue weighted by atomic mass is 14.7. The largest absolute Gasteiger partial charge is 0.206 e. The molecule has 1 heterocycles. The van der Waals surface area contributed by atoms with E-state index in [2.05, 4.69) is 28.8 Å². The maximum absolute atomic E-state index is 4.26. The van der Waals surface area contributed by atoms with Crippen molar-refractivity contribution in [3.63, 3.8) is 0 Å². The van der Waals surface area contributed by atoms with Crippen molar-refractivity contribution in [2.24, 2.45) is 10.9 Å². The molecule has 2 rings (SSSR count). The first kappa shape index (κ1) is 8.39. The van der Waals surface area contributed by atoms with Crippen LogP contribution in [0.4, 0.5) is 0 Å². The zero-order valence-electron chi connectivity index (χ0n) is 7.77.